The molecule has 2 rings (SSSR count). The molecule has 2 unspecified atom stereocenters. The topological polar surface area (TPSA) is 56.0 Å². The molecule has 0 radical (unpaired) electrons. The summed E-state index contributed by atoms with van der Waals surface area (Å²) in [4.78, 5) is 0. The maximum absolute atomic E-state index is 9.37. The molecule has 0 bridgehead atoms. The standard InChI is InChI=1S/C15H20N2O/c16-9-12-4-3-7-15(8-12)17-10-13-5-1-2-6-14(13)11-18/h3-4,7-8,13-14,17-18H,1-2,5-6,10-11H2. The third-order valence-corrected chi connectivity index (χ3v) is 3.86. The molecule has 3 nitrogen and oxygen atoms in total. The summed E-state index contributed by atoms with van der Waals surface area (Å²) in [6.45, 7) is 1.19. The van der Waals surface area contributed by atoms with E-state index in [9.17, 15) is 5.11 Å². The number of benzene rings is 1. The van der Waals surface area contributed by atoms with Crippen LogP contribution < -0.4 is 5.32 Å². The number of nitrogens with one attached hydrogen (secondary N) is 1. The summed E-state index contributed by atoms with van der Waals surface area (Å²) >= 11 is 0. The Morgan fingerprint density at radius 2 is 2.06 bits per heavy atom. The third kappa shape index (κ3) is 3.24. The number of rotatable bonds is 4. The summed E-state index contributed by atoms with van der Waals surface area (Å²) in [5, 5.41) is 21.6. The van der Waals surface area contributed by atoms with Crippen LogP contribution in [0.15, 0.2) is 24.3 Å². The van der Waals surface area contributed by atoms with Gasteiger partial charge in [0.05, 0.1) is 11.6 Å². The fourth-order valence-electron chi connectivity index (χ4n) is 2.74. The molecule has 0 aromatic heterocycles. The van der Waals surface area contributed by atoms with E-state index in [0.29, 0.717) is 24.0 Å². The Kier molecular flexibility index (Phi) is 4.60. The number of nitriles is 1. The summed E-state index contributed by atoms with van der Waals surface area (Å²) < 4.78 is 0. The molecule has 96 valence electrons. The minimum atomic E-state index is 0.296. The molecule has 0 heterocycles. The molecule has 1 aromatic carbocycles. The molecular weight excluding hydrogens is 224 g/mol. The highest BCUT2D eigenvalue weighted by Crippen LogP contribution is 2.29. The molecular formula is C15H20N2O. The lowest BCUT2D eigenvalue weighted by Crippen LogP contribution is -2.28. The Morgan fingerprint density at radius 3 is 2.78 bits per heavy atom. The van der Waals surface area contributed by atoms with Gasteiger partial charge in [-0.2, -0.15) is 5.26 Å². The second-order valence-electron chi connectivity index (χ2n) is 5.06. The first-order valence-electron chi connectivity index (χ1n) is 6.68. The molecule has 0 spiro atoms. The molecule has 0 saturated heterocycles. The lowest BCUT2D eigenvalue weighted by Gasteiger charge is -2.30. The molecule has 0 amide bonds. The van der Waals surface area contributed by atoms with Gasteiger partial charge in [-0.25, -0.2) is 0 Å². The van der Waals surface area contributed by atoms with Gasteiger partial charge in [0.2, 0.25) is 0 Å². The summed E-state index contributed by atoms with van der Waals surface area (Å²) in [6, 6.07) is 9.70. The van der Waals surface area contributed by atoms with Crippen molar-refractivity contribution in [3.8, 4) is 6.07 Å². The Balaban J connectivity index is 1.91. The number of aliphatic hydroxyl groups is 1. The van der Waals surface area contributed by atoms with Gasteiger partial charge < -0.3 is 10.4 Å². The highest BCUT2D eigenvalue weighted by atomic mass is 16.3. The summed E-state index contributed by atoms with van der Waals surface area (Å²) in [6.07, 6.45) is 4.84. The van der Waals surface area contributed by atoms with Crippen LogP contribution in [0.1, 0.15) is 31.2 Å². The summed E-state index contributed by atoms with van der Waals surface area (Å²) in [7, 11) is 0. The van der Waals surface area contributed by atoms with Crippen molar-refractivity contribution in [3.63, 3.8) is 0 Å². The van der Waals surface area contributed by atoms with Crippen LogP contribution in [0.3, 0.4) is 0 Å². The molecule has 2 atom stereocenters. The first kappa shape index (κ1) is 12.9. The molecule has 2 N–H and O–H groups in total. The lowest BCUT2D eigenvalue weighted by molar-refractivity contribution is 0.141. The van der Waals surface area contributed by atoms with Crippen LogP contribution in [0.25, 0.3) is 0 Å². The van der Waals surface area contributed by atoms with Crippen LogP contribution >= 0.6 is 0 Å². The van der Waals surface area contributed by atoms with Gasteiger partial charge in [0, 0.05) is 18.8 Å². The van der Waals surface area contributed by atoms with Gasteiger partial charge in [-0.1, -0.05) is 18.9 Å². The maximum atomic E-state index is 9.37. The number of nitrogens with zero attached hydrogens (tertiary/aromatic N) is 1. The van der Waals surface area contributed by atoms with Crippen LogP contribution in [0.4, 0.5) is 5.69 Å². The van der Waals surface area contributed by atoms with Gasteiger partial charge >= 0.3 is 0 Å². The van der Waals surface area contributed by atoms with Gasteiger partial charge in [-0.05, 0) is 42.9 Å². The molecule has 3 heteroatoms. The average Bonchev–Trinajstić information content (AvgIpc) is 2.45. The summed E-state index contributed by atoms with van der Waals surface area (Å²) in [5.41, 5.74) is 1.68. The van der Waals surface area contributed by atoms with Gasteiger partial charge in [0.1, 0.15) is 0 Å². The maximum Gasteiger partial charge on any atom is 0.0992 e. The quantitative estimate of drug-likeness (QED) is 0.856. The predicted molar refractivity (Wildman–Crippen MR) is 72.2 cm³/mol. The van der Waals surface area contributed by atoms with E-state index in [0.717, 1.165) is 18.7 Å². The third-order valence-electron chi connectivity index (χ3n) is 3.86. The second-order valence-corrected chi connectivity index (χ2v) is 5.06. The van der Waals surface area contributed by atoms with E-state index >= 15 is 0 Å². The minimum Gasteiger partial charge on any atom is -0.396 e. The van der Waals surface area contributed by atoms with E-state index in [2.05, 4.69) is 11.4 Å². The molecule has 1 aromatic rings. The largest absolute Gasteiger partial charge is 0.396 e. The predicted octanol–water partition coefficient (Wildman–Crippen LogP) is 2.77. The Labute approximate surface area is 108 Å². The molecule has 1 saturated carbocycles. The molecule has 1 aliphatic rings. The Morgan fingerprint density at radius 1 is 1.28 bits per heavy atom. The van der Waals surface area contributed by atoms with E-state index in [4.69, 9.17) is 5.26 Å². The van der Waals surface area contributed by atoms with Crippen LogP contribution in [0, 0.1) is 23.2 Å². The molecule has 1 fully saturated rings. The smallest absolute Gasteiger partial charge is 0.0992 e. The fraction of sp³-hybridized carbons (Fsp3) is 0.533. The zero-order valence-electron chi connectivity index (χ0n) is 10.6. The number of hydrogen-bond acceptors (Lipinski definition) is 3. The van der Waals surface area contributed by atoms with Crippen molar-refractivity contribution >= 4 is 5.69 Å². The van der Waals surface area contributed by atoms with Crippen molar-refractivity contribution < 1.29 is 5.11 Å². The first-order valence-corrected chi connectivity index (χ1v) is 6.68. The Hall–Kier alpha value is -1.53. The minimum absolute atomic E-state index is 0.296. The van der Waals surface area contributed by atoms with Crippen molar-refractivity contribution in [1.29, 1.82) is 5.26 Å². The van der Waals surface area contributed by atoms with E-state index in [1.54, 1.807) is 0 Å². The highest BCUT2D eigenvalue weighted by Gasteiger charge is 2.23. The fourth-order valence-corrected chi connectivity index (χ4v) is 2.74. The molecule has 1 aliphatic carbocycles. The normalized spacial score (nSPS) is 23.3. The number of aliphatic hydroxyl groups excluding tert-OH is 1. The van der Waals surface area contributed by atoms with Crippen LogP contribution in [0.5, 0.6) is 0 Å². The van der Waals surface area contributed by atoms with Crippen LogP contribution in [0.2, 0.25) is 0 Å². The van der Waals surface area contributed by atoms with E-state index in [-0.39, 0.29) is 0 Å². The second kappa shape index (κ2) is 6.42. The van der Waals surface area contributed by atoms with Gasteiger partial charge in [0.15, 0.2) is 0 Å². The average molecular weight is 244 g/mol. The van der Waals surface area contributed by atoms with Crippen molar-refractivity contribution in [2.45, 2.75) is 25.7 Å². The number of hydrogen-bond donors (Lipinski definition) is 2. The van der Waals surface area contributed by atoms with Crippen molar-refractivity contribution in [1.82, 2.24) is 0 Å². The van der Waals surface area contributed by atoms with Gasteiger partial charge in [-0.3, -0.25) is 0 Å². The zero-order chi connectivity index (χ0) is 12.8. The summed E-state index contributed by atoms with van der Waals surface area (Å²) in [5.74, 6) is 0.986. The molecule has 0 aliphatic heterocycles. The van der Waals surface area contributed by atoms with E-state index in [1.165, 1.54) is 19.3 Å². The van der Waals surface area contributed by atoms with Crippen LogP contribution in [-0.2, 0) is 0 Å². The monoisotopic (exact) mass is 244 g/mol. The van der Waals surface area contributed by atoms with Crippen molar-refractivity contribution in [2.24, 2.45) is 11.8 Å². The van der Waals surface area contributed by atoms with Crippen molar-refractivity contribution in [2.75, 3.05) is 18.5 Å². The molecule has 18 heavy (non-hydrogen) atoms. The Bertz CT molecular complexity index is 425. The van der Waals surface area contributed by atoms with Gasteiger partial charge in [-0.15, -0.1) is 0 Å². The van der Waals surface area contributed by atoms with Gasteiger partial charge in [0.25, 0.3) is 0 Å². The number of anilines is 1. The highest BCUT2D eigenvalue weighted by molar-refractivity contribution is 5.49. The van der Waals surface area contributed by atoms with Crippen molar-refractivity contribution in [3.05, 3.63) is 29.8 Å². The van der Waals surface area contributed by atoms with E-state index < -0.39 is 0 Å². The lowest BCUT2D eigenvalue weighted by atomic mass is 9.79. The SMILES string of the molecule is N#Cc1cccc(NCC2CCCCC2CO)c1. The van der Waals surface area contributed by atoms with E-state index in [1.807, 2.05) is 24.3 Å². The zero-order valence-corrected chi connectivity index (χ0v) is 10.6. The first-order chi connectivity index (χ1) is 8.83. The van der Waals surface area contributed by atoms with Crippen LogP contribution in [-0.4, -0.2) is 18.3 Å².